The van der Waals surface area contributed by atoms with Crippen LogP contribution in [0.1, 0.15) is 33.9 Å². The van der Waals surface area contributed by atoms with Gasteiger partial charge in [-0.3, -0.25) is 4.79 Å². The molecule has 0 spiro atoms. The van der Waals surface area contributed by atoms with Crippen LogP contribution in [-0.4, -0.2) is 23.0 Å². The van der Waals surface area contributed by atoms with E-state index >= 15 is 0 Å². The minimum absolute atomic E-state index is 0.118. The van der Waals surface area contributed by atoms with Crippen molar-refractivity contribution in [2.75, 3.05) is 5.32 Å². The molecule has 0 fully saturated rings. The lowest BCUT2D eigenvalue weighted by molar-refractivity contribution is -0.138. The first kappa shape index (κ1) is 18.1. The quantitative estimate of drug-likeness (QED) is 0.743. The number of nitrogens with zero attached hydrogens (tertiary/aromatic N) is 1. The number of anilines is 1. The van der Waals surface area contributed by atoms with Gasteiger partial charge >= 0.3 is 5.97 Å². The Labute approximate surface area is 159 Å². The number of halogens is 2. The molecule has 2 aromatic rings. The number of nitriles is 1. The van der Waals surface area contributed by atoms with Gasteiger partial charge in [0.05, 0.1) is 17.7 Å². The molecule has 1 heterocycles. The molecular weight excluding hydrogens is 377 g/mol. The standard InChI is InChI=1S/C18H13Cl2N3O3/c19-11-5-12(20)16-13(6-11)22-15(18(25)26)7-14(16)23-17(24)10-3-1-2-9(4-10)8-21/h1-6,14-15,22H,7H2,(H,23,24)(H,25,26). The van der Waals surface area contributed by atoms with E-state index < -0.39 is 24.0 Å². The molecular formula is C18H13Cl2N3O3. The molecule has 1 aliphatic heterocycles. The average molecular weight is 390 g/mol. The zero-order valence-electron chi connectivity index (χ0n) is 13.3. The highest BCUT2D eigenvalue weighted by Gasteiger charge is 2.33. The lowest BCUT2D eigenvalue weighted by atomic mass is 9.92. The van der Waals surface area contributed by atoms with Crippen molar-refractivity contribution in [3.63, 3.8) is 0 Å². The van der Waals surface area contributed by atoms with Crippen LogP contribution in [-0.2, 0) is 4.79 Å². The van der Waals surface area contributed by atoms with E-state index in [0.717, 1.165) is 0 Å². The third-order valence-electron chi connectivity index (χ3n) is 4.10. The van der Waals surface area contributed by atoms with E-state index in [0.29, 0.717) is 32.4 Å². The van der Waals surface area contributed by atoms with Gasteiger partial charge in [-0.2, -0.15) is 5.26 Å². The van der Waals surface area contributed by atoms with Gasteiger partial charge in [0.1, 0.15) is 6.04 Å². The highest BCUT2D eigenvalue weighted by atomic mass is 35.5. The Kier molecular flexibility index (Phi) is 5.03. The largest absolute Gasteiger partial charge is 0.480 e. The number of benzene rings is 2. The predicted octanol–water partition coefficient (Wildman–Crippen LogP) is 3.60. The maximum absolute atomic E-state index is 12.6. The summed E-state index contributed by atoms with van der Waals surface area (Å²) in [5.74, 6) is -1.47. The van der Waals surface area contributed by atoms with E-state index in [4.69, 9.17) is 28.5 Å². The fourth-order valence-electron chi connectivity index (χ4n) is 2.92. The minimum atomic E-state index is -1.04. The summed E-state index contributed by atoms with van der Waals surface area (Å²) in [6.07, 6.45) is 0.118. The molecule has 26 heavy (non-hydrogen) atoms. The fourth-order valence-corrected chi connectivity index (χ4v) is 3.55. The number of fused-ring (bicyclic) bond motifs is 1. The van der Waals surface area contributed by atoms with Crippen LogP contribution in [0, 0.1) is 11.3 Å². The molecule has 1 aliphatic rings. The van der Waals surface area contributed by atoms with Gasteiger partial charge in [0, 0.05) is 33.3 Å². The molecule has 132 valence electrons. The smallest absolute Gasteiger partial charge is 0.326 e. The van der Waals surface area contributed by atoms with Crippen molar-refractivity contribution in [2.24, 2.45) is 0 Å². The van der Waals surface area contributed by atoms with Gasteiger partial charge in [0.25, 0.3) is 5.91 Å². The van der Waals surface area contributed by atoms with Gasteiger partial charge in [-0.1, -0.05) is 29.3 Å². The lowest BCUT2D eigenvalue weighted by Crippen LogP contribution is -2.41. The second-order valence-corrected chi connectivity index (χ2v) is 6.68. The topological polar surface area (TPSA) is 102 Å². The van der Waals surface area contributed by atoms with E-state index in [2.05, 4.69) is 10.6 Å². The predicted molar refractivity (Wildman–Crippen MR) is 97.5 cm³/mol. The molecule has 0 aliphatic carbocycles. The van der Waals surface area contributed by atoms with Crippen molar-refractivity contribution in [3.8, 4) is 6.07 Å². The molecule has 1 amide bonds. The summed E-state index contributed by atoms with van der Waals surface area (Å²) in [6, 6.07) is 9.83. The summed E-state index contributed by atoms with van der Waals surface area (Å²) in [4.78, 5) is 24.0. The van der Waals surface area contributed by atoms with Gasteiger partial charge in [-0.05, 0) is 30.3 Å². The summed E-state index contributed by atoms with van der Waals surface area (Å²) < 4.78 is 0. The van der Waals surface area contributed by atoms with Crippen molar-refractivity contribution in [3.05, 3.63) is 63.1 Å². The SMILES string of the molecule is N#Cc1cccc(C(=O)NC2CC(C(=O)O)Nc3cc(Cl)cc(Cl)c32)c1. The molecule has 6 nitrogen and oxygen atoms in total. The normalized spacial score (nSPS) is 18.2. The van der Waals surface area contributed by atoms with Gasteiger partial charge in [-0.15, -0.1) is 0 Å². The van der Waals surface area contributed by atoms with Crippen molar-refractivity contribution in [2.45, 2.75) is 18.5 Å². The molecule has 0 radical (unpaired) electrons. The summed E-state index contributed by atoms with van der Waals surface area (Å²) in [5.41, 5.74) is 1.72. The van der Waals surface area contributed by atoms with E-state index in [1.54, 1.807) is 30.3 Å². The van der Waals surface area contributed by atoms with Gasteiger partial charge in [0.15, 0.2) is 0 Å². The van der Waals surface area contributed by atoms with Gasteiger partial charge < -0.3 is 15.7 Å². The second-order valence-electron chi connectivity index (χ2n) is 5.84. The Morgan fingerprint density at radius 1 is 1.27 bits per heavy atom. The summed E-state index contributed by atoms with van der Waals surface area (Å²) in [6.45, 7) is 0. The fraction of sp³-hybridized carbons (Fsp3) is 0.167. The van der Waals surface area contributed by atoms with Crippen molar-refractivity contribution >= 4 is 40.8 Å². The average Bonchev–Trinajstić information content (AvgIpc) is 2.60. The highest BCUT2D eigenvalue weighted by molar-refractivity contribution is 6.35. The van der Waals surface area contributed by atoms with E-state index in [9.17, 15) is 14.7 Å². The van der Waals surface area contributed by atoms with Crippen molar-refractivity contribution in [1.29, 1.82) is 5.26 Å². The first-order valence-electron chi connectivity index (χ1n) is 7.68. The Hall–Kier alpha value is -2.75. The van der Waals surface area contributed by atoms with E-state index in [1.807, 2.05) is 6.07 Å². The van der Waals surface area contributed by atoms with Gasteiger partial charge in [0.2, 0.25) is 0 Å². The number of amides is 1. The van der Waals surface area contributed by atoms with E-state index in [1.165, 1.54) is 6.07 Å². The van der Waals surface area contributed by atoms with Crippen LogP contribution >= 0.6 is 23.2 Å². The minimum Gasteiger partial charge on any atom is -0.480 e. The molecule has 3 rings (SSSR count). The number of carboxylic acid groups (broad SMARTS) is 1. The Morgan fingerprint density at radius 2 is 2.04 bits per heavy atom. The zero-order chi connectivity index (χ0) is 18.8. The third kappa shape index (κ3) is 3.59. The zero-order valence-corrected chi connectivity index (χ0v) is 14.8. The molecule has 0 bridgehead atoms. The Bertz CT molecular complexity index is 940. The number of nitrogens with one attached hydrogen (secondary N) is 2. The van der Waals surface area contributed by atoms with Crippen molar-refractivity contribution < 1.29 is 14.7 Å². The number of hydrogen-bond acceptors (Lipinski definition) is 4. The van der Waals surface area contributed by atoms with Crippen LogP contribution in [0.4, 0.5) is 5.69 Å². The highest BCUT2D eigenvalue weighted by Crippen LogP contribution is 2.40. The molecule has 3 N–H and O–H groups in total. The molecule has 2 atom stereocenters. The molecule has 8 heteroatoms. The molecule has 2 unspecified atom stereocenters. The summed E-state index contributed by atoms with van der Waals surface area (Å²) in [7, 11) is 0. The molecule has 0 aromatic heterocycles. The summed E-state index contributed by atoms with van der Waals surface area (Å²) in [5, 5.41) is 24.7. The van der Waals surface area contributed by atoms with Crippen molar-refractivity contribution in [1.82, 2.24) is 5.32 Å². The first-order valence-corrected chi connectivity index (χ1v) is 8.44. The number of aliphatic carboxylic acids is 1. The monoisotopic (exact) mass is 389 g/mol. The maximum atomic E-state index is 12.6. The molecule has 0 saturated carbocycles. The second kappa shape index (κ2) is 7.24. The van der Waals surface area contributed by atoms with Crippen LogP contribution in [0.25, 0.3) is 0 Å². The van der Waals surface area contributed by atoms with Gasteiger partial charge in [-0.25, -0.2) is 4.79 Å². The van der Waals surface area contributed by atoms with Crippen LogP contribution in [0.5, 0.6) is 0 Å². The van der Waals surface area contributed by atoms with Crippen LogP contribution < -0.4 is 10.6 Å². The lowest BCUT2D eigenvalue weighted by Gasteiger charge is -2.32. The number of carbonyl (C=O) groups is 2. The van der Waals surface area contributed by atoms with E-state index in [-0.39, 0.29) is 6.42 Å². The third-order valence-corrected chi connectivity index (χ3v) is 4.63. The Balaban J connectivity index is 1.95. The molecule has 2 aromatic carbocycles. The first-order chi connectivity index (χ1) is 12.4. The van der Waals surface area contributed by atoms with Crippen LogP contribution in [0.3, 0.4) is 0 Å². The molecule has 0 saturated heterocycles. The number of rotatable bonds is 3. The number of hydrogen-bond donors (Lipinski definition) is 3. The Morgan fingerprint density at radius 3 is 2.73 bits per heavy atom. The van der Waals surface area contributed by atoms with Crippen LogP contribution in [0.2, 0.25) is 10.0 Å². The number of carboxylic acids is 1. The number of carbonyl (C=O) groups excluding carboxylic acids is 1. The maximum Gasteiger partial charge on any atom is 0.326 e. The van der Waals surface area contributed by atoms with Crippen LogP contribution in [0.15, 0.2) is 36.4 Å². The summed E-state index contributed by atoms with van der Waals surface area (Å²) >= 11 is 12.3.